The first-order valence-corrected chi connectivity index (χ1v) is 21.7. The Labute approximate surface area is 350 Å². The van der Waals surface area contributed by atoms with Crippen LogP contribution in [0.2, 0.25) is 0 Å². The van der Waals surface area contributed by atoms with E-state index in [1.54, 1.807) is 41.5 Å². The predicted octanol–water partition coefficient (Wildman–Crippen LogP) is 7.27. The number of nitrogens with one attached hydrogen (secondary N) is 4. The number of carbonyl (C=O) groups is 5. The first kappa shape index (κ1) is 54.8. The fraction of sp³-hybridized carbons (Fsp3) is 0.884. The summed E-state index contributed by atoms with van der Waals surface area (Å²) in [6.45, 7) is 19.4. The number of rotatable bonds is 33. The molecule has 4 N–H and O–H groups in total. The number of hydrogen-bond acceptors (Lipinski definition) is 11. The van der Waals surface area contributed by atoms with Crippen molar-refractivity contribution < 1.29 is 52.4 Å². The zero-order chi connectivity index (χ0) is 43.7. The summed E-state index contributed by atoms with van der Waals surface area (Å²) in [7, 11) is 0. The van der Waals surface area contributed by atoms with Gasteiger partial charge in [-0.05, 0) is 88.0 Å². The van der Waals surface area contributed by atoms with Gasteiger partial charge in [0.15, 0.2) is 0 Å². The van der Waals surface area contributed by atoms with Crippen molar-refractivity contribution in [2.45, 2.75) is 188 Å². The molecule has 0 radical (unpaired) electrons. The van der Waals surface area contributed by atoms with Gasteiger partial charge in [-0.15, -0.1) is 0 Å². The molecule has 0 aliphatic carbocycles. The summed E-state index contributed by atoms with van der Waals surface area (Å²) in [5.41, 5.74) is -1.74. The molecule has 0 fully saturated rings. The molecule has 0 aliphatic heterocycles. The van der Waals surface area contributed by atoms with Crippen LogP contribution in [0.4, 0.5) is 9.59 Å². The molecule has 1 atom stereocenters. The number of esters is 1. The Morgan fingerprint density at radius 3 is 1.33 bits per heavy atom. The van der Waals surface area contributed by atoms with E-state index in [4.69, 9.17) is 28.4 Å². The quantitative estimate of drug-likeness (QED) is 0.0296. The summed E-state index contributed by atoms with van der Waals surface area (Å²) in [4.78, 5) is 60.9. The van der Waals surface area contributed by atoms with Crippen LogP contribution in [-0.4, -0.2) is 112 Å². The number of amides is 4. The Morgan fingerprint density at radius 1 is 0.431 bits per heavy atom. The monoisotopic (exact) mass is 831 g/mol. The van der Waals surface area contributed by atoms with Crippen molar-refractivity contribution in [2.75, 3.05) is 59.3 Å². The Kier molecular flexibility index (Phi) is 30.9. The Bertz CT molecular complexity index is 1120. The van der Waals surface area contributed by atoms with Gasteiger partial charge in [-0.1, -0.05) is 64.2 Å². The second-order valence-electron chi connectivity index (χ2n) is 17.6. The molecule has 58 heavy (non-hydrogen) atoms. The fourth-order valence-electron chi connectivity index (χ4n) is 5.51. The van der Waals surface area contributed by atoms with Crippen molar-refractivity contribution in [2.24, 2.45) is 0 Å². The minimum atomic E-state index is -0.860. The third kappa shape index (κ3) is 39.6. The van der Waals surface area contributed by atoms with E-state index in [0.717, 1.165) is 32.1 Å². The summed E-state index contributed by atoms with van der Waals surface area (Å²) in [6.07, 6.45) is 14.3. The maximum absolute atomic E-state index is 12.8. The van der Waals surface area contributed by atoms with Crippen LogP contribution in [0, 0.1) is 0 Å². The normalized spacial score (nSPS) is 12.4. The number of unbranched alkanes of at least 4 members (excludes halogenated alkanes) is 11. The molecule has 340 valence electrons. The summed E-state index contributed by atoms with van der Waals surface area (Å²) < 4.78 is 32.5. The lowest BCUT2D eigenvalue weighted by Gasteiger charge is -2.23. The van der Waals surface area contributed by atoms with E-state index in [1.165, 1.54) is 44.9 Å². The average molecular weight is 831 g/mol. The zero-order valence-corrected chi connectivity index (χ0v) is 37.7. The minimum Gasteiger partial charge on any atom is -0.460 e. The van der Waals surface area contributed by atoms with E-state index < -0.39 is 35.0 Å². The minimum absolute atomic E-state index is 0.0571. The van der Waals surface area contributed by atoms with Crippen LogP contribution >= 0.6 is 0 Å². The maximum atomic E-state index is 12.8. The molecule has 15 nitrogen and oxygen atoms in total. The number of hydrogen-bond donors (Lipinski definition) is 4. The average Bonchev–Trinajstić information content (AvgIpc) is 3.09. The van der Waals surface area contributed by atoms with Crippen molar-refractivity contribution in [3.8, 4) is 0 Å². The van der Waals surface area contributed by atoms with E-state index in [9.17, 15) is 24.0 Å². The smallest absolute Gasteiger partial charge is 0.408 e. The molecule has 0 aliphatic rings. The van der Waals surface area contributed by atoms with Crippen molar-refractivity contribution in [1.82, 2.24) is 21.3 Å². The molecule has 0 aromatic carbocycles. The van der Waals surface area contributed by atoms with Crippen LogP contribution < -0.4 is 21.3 Å². The van der Waals surface area contributed by atoms with Gasteiger partial charge in [0.05, 0.1) is 39.6 Å². The standard InChI is InChI=1S/C43H82N4O11/c1-41(2,3)56-37(49)25-21-19-17-15-13-11-10-12-14-16-18-20-24-36(48)44-27-29-53-31-33-55-34-32-54-30-28-45-38(50)35(47-40(52)58-43(7,8)9)23-22-26-46-39(51)57-42(4,5)6/h35H,10-34H2,1-9H3,(H,44,48)(H,45,50)(H,46,51)(H,47,52)/t35-/m0/s1. The Morgan fingerprint density at radius 2 is 0.845 bits per heavy atom. The zero-order valence-electron chi connectivity index (χ0n) is 37.7. The van der Waals surface area contributed by atoms with Gasteiger partial charge in [0.25, 0.3) is 0 Å². The van der Waals surface area contributed by atoms with Gasteiger partial charge in [-0.3, -0.25) is 14.4 Å². The van der Waals surface area contributed by atoms with E-state index >= 15 is 0 Å². The van der Waals surface area contributed by atoms with E-state index in [0.29, 0.717) is 58.8 Å². The molecule has 15 heteroatoms. The maximum Gasteiger partial charge on any atom is 0.408 e. The number of ether oxygens (including phenoxy) is 6. The van der Waals surface area contributed by atoms with Crippen molar-refractivity contribution in [3.63, 3.8) is 0 Å². The van der Waals surface area contributed by atoms with Crippen LogP contribution in [-0.2, 0) is 42.8 Å². The molecule has 0 aromatic rings. The second-order valence-corrected chi connectivity index (χ2v) is 17.6. The molecule has 0 rings (SSSR count). The molecule has 0 saturated heterocycles. The first-order chi connectivity index (χ1) is 27.3. The molecule has 0 heterocycles. The molecular weight excluding hydrogens is 748 g/mol. The Hall–Kier alpha value is -3.17. The molecule has 4 amide bonds. The van der Waals surface area contributed by atoms with E-state index in [1.807, 2.05) is 20.8 Å². The predicted molar refractivity (Wildman–Crippen MR) is 226 cm³/mol. The SMILES string of the molecule is CC(C)(C)OC(=O)CCCCCCCCCCCCCCC(=O)NCCOCCOCCOCCNC(=O)[C@H](CCCNC(=O)OC(C)(C)C)NC(=O)OC(C)(C)C. The highest BCUT2D eigenvalue weighted by atomic mass is 16.6. The second kappa shape index (κ2) is 32.7. The van der Waals surface area contributed by atoms with Gasteiger partial charge in [0, 0.05) is 32.5 Å². The van der Waals surface area contributed by atoms with E-state index in [2.05, 4.69) is 21.3 Å². The Balaban J connectivity index is 3.77. The third-order valence-electron chi connectivity index (χ3n) is 8.16. The van der Waals surface area contributed by atoms with Gasteiger partial charge in [0.2, 0.25) is 11.8 Å². The largest absolute Gasteiger partial charge is 0.460 e. The number of alkyl carbamates (subject to hydrolysis) is 2. The van der Waals surface area contributed by atoms with Crippen LogP contribution in [0.25, 0.3) is 0 Å². The molecule has 0 unspecified atom stereocenters. The van der Waals surface area contributed by atoms with Crippen molar-refractivity contribution in [1.29, 1.82) is 0 Å². The van der Waals surface area contributed by atoms with Crippen LogP contribution in [0.3, 0.4) is 0 Å². The van der Waals surface area contributed by atoms with Gasteiger partial charge in [-0.2, -0.15) is 0 Å². The van der Waals surface area contributed by atoms with Gasteiger partial charge in [0.1, 0.15) is 22.8 Å². The van der Waals surface area contributed by atoms with Gasteiger partial charge in [-0.25, -0.2) is 9.59 Å². The topological polar surface area (TPSA) is 189 Å². The van der Waals surface area contributed by atoms with Crippen molar-refractivity contribution in [3.05, 3.63) is 0 Å². The molecule has 0 bridgehead atoms. The lowest BCUT2D eigenvalue weighted by Crippen LogP contribution is -2.49. The molecule has 0 spiro atoms. The first-order valence-electron chi connectivity index (χ1n) is 21.7. The molecule has 0 aromatic heterocycles. The van der Waals surface area contributed by atoms with Crippen LogP contribution in [0.5, 0.6) is 0 Å². The van der Waals surface area contributed by atoms with Gasteiger partial charge >= 0.3 is 18.2 Å². The lowest BCUT2D eigenvalue weighted by atomic mass is 10.0. The summed E-state index contributed by atoms with van der Waals surface area (Å²) in [5.74, 6) is -0.423. The third-order valence-corrected chi connectivity index (χ3v) is 8.16. The van der Waals surface area contributed by atoms with Gasteiger partial charge < -0.3 is 49.7 Å². The fourth-order valence-corrected chi connectivity index (χ4v) is 5.51. The highest BCUT2D eigenvalue weighted by Gasteiger charge is 2.24. The number of carbonyl (C=O) groups excluding carboxylic acids is 5. The molecular formula is C43H82N4O11. The highest BCUT2D eigenvalue weighted by Crippen LogP contribution is 2.15. The highest BCUT2D eigenvalue weighted by molar-refractivity contribution is 5.85. The summed E-state index contributed by atoms with van der Waals surface area (Å²) in [5, 5.41) is 10.9. The van der Waals surface area contributed by atoms with Crippen LogP contribution in [0.1, 0.15) is 165 Å². The van der Waals surface area contributed by atoms with E-state index in [-0.39, 0.29) is 43.9 Å². The van der Waals surface area contributed by atoms with Crippen molar-refractivity contribution >= 4 is 30.0 Å². The summed E-state index contributed by atoms with van der Waals surface area (Å²) >= 11 is 0. The lowest BCUT2D eigenvalue weighted by molar-refractivity contribution is -0.155. The van der Waals surface area contributed by atoms with Crippen LogP contribution in [0.15, 0.2) is 0 Å². The summed E-state index contributed by atoms with van der Waals surface area (Å²) in [6, 6.07) is -0.860. The molecule has 0 saturated carbocycles.